The van der Waals surface area contributed by atoms with Gasteiger partial charge in [0.05, 0.1) is 12.1 Å². The van der Waals surface area contributed by atoms with Gasteiger partial charge in [-0.05, 0) is 88.5 Å². The van der Waals surface area contributed by atoms with Gasteiger partial charge in [-0.3, -0.25) is 4.79 Å². The fourth-order valence-electron chi connectivity index (χ4n) is 6.76. The summed E-state index contributed by atoms with van der Waals surface area (Å²) in [5.74, 6) is 1.11. The Morgan fingerprint density at radius 2 is 1.66 bits per heavy atom. The Balaban J connectivity index is 1.25. The Morgan fingerprint density at radius 3 is 2.34 bits per heavy atom. The minimum absolute atomic E-state index is 0.0837. The zero-order valence-electron chi connectivity index (χ0n) is 24.4. The van der Waals surface area contributed by atoms with Crippen molar-refractivity contribution in [3.8, 4) is 0 Å². The highest BCUT2D eigenvalue weighted by atomic mass is 16.3. The number of aliphatic hydroxyl groups is 1. The van der Waals surface area contributed by atoms with Crippen molar-refractivity contribution in [1.82, 2.24) is 19.4 Å². The lowest BCUT2D eigenvalue weighted by Crippen LogP contribution is -2.38. The smallest absolute Gasteiger partial charge is 0.253 e. The van der Waals surface area contributed by atoms with Gasteiger partial charge in [0.2, 0.25) is 5.95 Å². The molecule has 6 rings (SSSR count). The number of aliphatic hydroxyl groups excluding tert-OH is 1. The van der Waals surface area contributed by atoms with Crippen molar-refractivity contribution in [3.05, 3.63) is 88.7 Å². The largest absolute Gasteiger partial charge is 0.393 e. The van der Waals surface area contributed by atoms with E-state index in [2.05, 4.69) is 41.2 Å². The van der Waals surface area contributed by atoms with E-state index in [9.17, 15) is 9.90 Å². The molecule has 2 fully saturated rings. The number of hydrogen-bond donors (Lipinski definition) is 2. The average Bonchev–Trinajstić information content (AvgIpc) is 3.36. The highest BCUT2D eigenvalue weighted by molar-refractivity contribution is 5.94. The topological polar surface area (TPSA) is 83.3 Å². The summed E-state index contributed by atoms with van der Waals surface area (Å²) in [7, 11) is 0. The SMILES string of the molecule is Cc1cc(C)cc(C(=O)N2CCC(c3cn(C4CCC(O)CC4)c4nc(N[C@@H](C)c5ccccc5)ncc34)CC2)c1. The maximum Gasteiger partial charge on any atom is 0.253 e. The molecule has 1 saturated carbocycles. The third kappa shape index (κ3) is 5.87. The predicted octanol–water partition coefficient (Wildman–Crippen LogP) is 6.72. The maximum atomic E-state index is 13.3. The van der Waals surface area contributed by atoms with Crippen molar-refractivity contribution in [1.29, 1.82) is 0 Å². The van der Waals surface area contributed by atoms with E-state index in [4.69, 9.17) is 9.97 Å². The van der Waals surface area contributed by atoms with Gasteiger partial charge >= 0.3 is 0 Å². The van der Waals surface area contributed by atoms with Gasteiger partial charge < -0.3 is 19.9 Å². The fraction of sp³-hybridized carbons (Fsp3) is 0.441. The van der Waals surface area contributed by atoms with Crippen molar-refractivity contribution in [3.63, 3.8) is 0 Å². The van der Waals surface area contributed by atoms with Gasteiger partial charge in [-0.1, -0.05) is 47.5 Å². The maximum absolute atomic E-state index is 13.3. The minimum Gasteiger partial charge on any atom is -0.393 e. The number of aryl methyl sites for hydroxylation is 2. The first-order chi connectivity index (χ1) is 19.9. The van der Waals surface area contributed by atoms with Crippen molar-refractivity contribution in [2.24, 2.45) is 0 Å². The minimum atomic E-state index is -0.204. The molecular formula is C34H41N5O2. The first kappa shape index (κ1) is 27.5. The number of nitrogens with zero attached hydrogens (tertiary/aromatic N) is 4. The molecule has 0 radical (unpaired) electrons. The molecule has 214 valence electrons. The number of anilines is 1. The number of aromatic nitrogens is 3. The molecule has 1 atom stereocenters. The molecule has 41 heavy (non-hydrogen) atoms. The van der Waals surface area contributed by atoms with Crippen LogP contribution in [0.1, 0.15) is 96.1 Å². The van der Waals surface area contributed by atoms with E-state index in [1.807, 2.05) is 55.3 Å². The first-order valence-electron chi connectivity index (χ1n) is 15.1. The molecular weight excluding hydrogens is 510 g/mol. The number of hydrogen-bond acceptors (Lipinski definition) is 5. The predicted molar refractivity (Wildman–Crippen MR) is 163 cm³/mol. The fourth-order valence-corrected chi connectivity index (χ4v) is 6.76. The van der Waals surface area contributed by atoms with Gasteiger partial charge in [-0.25, -0.2) is 4.98 Å². The highest BCUT2D eigenvalue weighted by Gasteiger charge is 2.30. The Morgan fingerprint density at radius 1 is 0.976 bits per heavy atom. The molecule has 1 saturated heterocycles. The zero-order chi connectivity index (χ0) is 28.5. The zero-order valence-corrected chi connectivity index (χ0v) is 24.4. The van der Waals surface area contributed by atoms with Gasteiger partial charge in [0, 0.05) is 42.5 Å². The molecule has 2 N–H and O–H groups in total. The van der Waals surface area contributed by atoms with E-state index in [-0.39, 0.29) is 18.1 Å². The van der Waals surface area contributed by atoms with Gasteiger partial charge in [-0.15, -0.1) is 0 Å². The summed E-state index contributed by atoms with van der Waals surface area (Å²) in [6, 6.07) is 16.9. The normalized spacial score (nSPS) is 20.7. The molecule has 2 aliphatic rings. The molecule has 0 unspecified atom stereocenters. The Labute approximate surface area is 242 Å². The van der Waals surface area contributed by atoms with Crippen LogP contribution in [0.3, 0.4) is 0 Å². The number of piperidine rings is 1. The van der Waals surface area contributed by atoms with Crippen LogP contribution in [-0.4, -0.2) is 49.6 Å². The van der Waals surface area contributed by atoms with Crippen LogP contribution in [0.2, 0.25) is 0 Å². The van der Waals surface area contributed by atoms with Gasteiger partial charge in [0.25, 0.3) is 5.91 Å². The molecule has 1 aliphatic heterocycles. The van der Waals surface area contributed by atoms with Crippen LogP contribution < -0.4 is 5.32 Å². The highest BCUT2D eigenvalue weighted by Crippen LogP contribution is 2.38. The lowest BCUT2D eigenvalue weighted by molar-refractivity contribution is 0.0713. The third-order valence-corrected chi connectivity index (χ3v) is 9.00. The van der Waals surface area contributed by atoms with Gasteiger partial charge in [0.15, 0.2) is 0 Å². The van der Waals surface area contributed by atoms with E-state index in [1.165, 1.54) is 11.1 Å². The second kappa shape index (κ2) is 11.6. The number of likely N-dealkylation sites (tertiary alicyclic amines) is 1. The summed E-state index contributed by atoms with van der Waals surface area (Å²) >= 11 is 0. The van der Waals surface area contributed by atoms with Crippen LogP contribution in [0.5, 0.6) is 0 Å². The Hall–Kier alpha value is -3.71. The summed E-state index contributed by atoms with van der Waals surface area (Å²) < 4.78 is 2.35. The van der Waals surface area contributed by atoms with Crippen LogP contribution in [0.4, 0.5) is 5.95 Å². The molecule has 7 nitrogen and oxygen atoms in total. The summed E-state index contributed by atoms with van der Waals surface area (Å²) in [4.78, 5) is 25.1. The number of carbonyl (C=O) groups excluding carboxylic acids is 1. The molecule has 4 aromatic rings. The molecule has 3 heterocycles. The molecule has 0 spiro atoms. The van der Waals surface area contributed by atoms with E-state index in [0.29, 0.717) is 17.9 Å². The van der Waals surface area contributed by atoms with E-state index >= 15 is 0 Å². The second-order valence-corrected chi connectivity index (χ2v) is 12.1. The number of carbonyl (C=O) groups is 1. The third-order valence-electron chi connectivity index (χ3n) is 9.00. The molecule has 1 aliphatic carbocycles. The monoisotopic (exact) mass is 551 g/mol. The molecule has 7 heteroatoms. The number of benzene rings is 2. The van der Waals surface area contributed by atoms with E-state index in [1.54, 1.807) is 0 Å². The van der Waals surface area contributed by atoms with Gasteiger partial charge in [-0.2, -0.15) is 4.98 Å². The number of fused-ring (bicyclic) bond motifs is 1. The van der Waals surface area contributed by atoms with Crippen LogP contribution in [0.25, 0.3) is 11.0 Å². The van der Waals surface area contributed by atoms with E-state index < -0.39 is 0 Å². The molecule has 2 aromatic carbocycles. The van der Waals surface area contributed by atoms with Crippen LogP contribution >= 0.6 is 0 Å². The van der Waals surface area contributed by atoms with Crippen molar-refractivity contribution < 1.29 is 9.90 Å². The molecule has 0 bridgehead atoms. The second-order valence-electron chi connectivity index (χ2n) is 12.1. The van der Waals surface area contributed by atoms with Gasteiger partial charge in [0.1, 0.15) is 5.65 Å². The van der Waals surface area contributed by atoms with Crippen molar-refractivity contribution >= 4 is 22.9 Å². The number of rotatable bonds is 6. The Bertz CT molecular complexity index is 1490. The number of amides is 1. The van der Waals surface area contributed by atoms with Crippen molar-refractivity contribution in [2.75, 3.05) is 18.4 Å². The summed E-state index contributed by atoms with van der Waals surface area (Å²) in [6.07, 6.45) is 9.45. The van der Waals surface area contributed by atoms with Crippen LogP contribution in [0.15, 0.2) is 60.9 Å². The van der Waals surface area contributed by atoms with Crippen LogP contribution in [0, 0.1) is 13.8 Å². The van der Waals surface area contributed by atoms with E-state index in [0.717, 1.165) is 79.3 Å². The summed E-state index contributed by atoms with van der Waals surface area (Å²) in [5.41, 5.74) is 6.47. The number of nitrogens with one attached hydrogen (secondary N) is 1. The standard InChI is InChI=1S/C34H41N5O2/c1-22-17-23(2)19-27(18-22)33(41)38-15-13-26(14-16-38)31-21-39(28-9-11-29(40)12-10-28)32-30(31)20-35-34(37-32)36-24(3)25-7-5-4-6-8-25/h4-8,17-21,24,26,28-29,40H,9-16H2,1-3H3,(H,35,36,37)/t24-,28?,29?/m0/s1. The molecule has 1 amide bonds. The first-order valence-corrected chi connectivity index (χ1v) is 15.1. The lowest BCUT2D eigenvalue weighted by Gasteiger charge is -2.32. The quantitative estimate of drug-likeness (QED) is 0.278. The Kier molecular flexibility index (Phi) is 7.80. The van der Waals surface area contributed by atoms with Crippen LogP contribution in [-0.2, 0) is 0 Å². The lowest BCUT2D eigenvalue weighted by atomic mass is 9.89. The summed E-state index contributed by atoms with van der Waals surface area (Å²) in [5, 5.41) is 14.8. The summed E-state index contributed by atoms with van der Waals surface area (Å²) in [6.45, 7) is 7.71. The average molecular weight is 552 g/mol. The van der Waals surface area contributed by atoms with Crippen molar-refractivity contribution in [2.45, 2.75) is 83.4 Å². The molecule has 2 aromatic heterocycles.